The van der Waals surface area contributed by atoms with Gasteiger partial charge in [0.05, 0.1) is 5.56 Å². The third-order valence-corrected chi connectivity index (χ3v) is 3.06. The van der Waals surface area contributed by atoms with Crippen LogP contribution in [-0.2, 0) is 0 Å². The van der Waals surface area contributed by atoms with Crippen LogP contribution in [0, 0.1) is 11.3 Å². The molecule has 0 aliphatic heterocycles. The second kappa shape index (κ2) is 5.65. The monoisotopic (exact) mass is 301 g/mol. The number of nitrogens with one attached hydrogen (secondary N) is 1. The van der Waals surface area contributed by atoms with E-state index in [0.717, 1.165) is 10.0 Å². The molecular weight excluding hydrogens is 290 g/mol. The number of hydrogen-bond acceptors (Lipinski definition) is 3. The molecule has 1 aromatic heterocycles. The minimum atomic E-state index is 0.104. The highest BCUT2D eigenvalue weighted by Crippen LogP contribution is 2.22. The Bertz CT molecular complexity index is 575. The molecule has 18 heavy (non-hydrogen) atoms. The molecule has 1 heterocycles. The molecule has 2 rings (SSSR count). The summed E-state index contributed by atoms with van der Waals surface area (Å²) in [6.45, 7) is 2.04. The van der Waals surface area contributed by atoms with E-state index in [-0.39, 0.29) is 6.04 Å². The minimum Gasteiger partial charge on any atom is -0.362 e. The van der Waals surface area contributed by atoms with Gasteiger partial charge in [0.15, 0.2) is 0 Å². The Kier molecular flexibility index (Phi) is 3.96. The highest BCUT2D eigenvalue weighted by molar-refractivity contribution is 9.10. The van der Waals surface area contributed by atoms with Crippen LogP contribution in [0.25, 0.3) is 0 Å². The number of nitriles is 1. The fourth-order valence-electron chi connectivity index (χ4n) is 1.67. The van der Waals surface area contributed by atoms with Crippen molar-refractivity contribution in [1.29, 1.82) is 5.26 Å². The highest BCUT2D eigenvalue weighted by atomic mass is 79.9. The van der Waals surface area contributed by atoms with E-state index < -0.39 is 0 Å². The Morgan fingerprint density at radius 3 is 2.72 bits per heavy atom. The van der Waals surface area contributed by atoms with Crippen molar-refractivity contribution >= 4 is 21.7 Å². The lowest BCUT2D eigenvalue weighted by Gasteiger charge is -2.15. The second-order valence-corrected chi connectivity index (χ2v) is 4.85. The van der Waals surface area contributed by atoms with Crippen LogP contribution in [-0.4, -0.2) is 4.98 Å². The summed E-state index contributed by atoms with van der Waals surface area (Å²) in [5, 5.41) is 12.3. The maximum atomic E-state index is 9.08. The summed E-state index contributed by atoms with van der Waals surface area (Å²) < 4.78 is 0.803. The first-order valence-corrected chi connectivity index (χ1v) is 6.37. The molecule has 0 fully saturated rings. The van der Waals surface area contributed by atoms with Crippen molar-refractivity contribution in [2.75, 3.05) is 5.32 Å². The van der Waals surface area contributed by atoms with Crippen LogP contribution in [0.1, 0.15) is 24.1 Å². The molecule has 0 radical (unpaired) electrons. The smallest absolute Gasteiger partial charge is 0.144 e. The Hall–Kier alpha value is -1.86. The summed E-state index contributed by atoms with van der Waals surface area (Å²) in [7, 11) is 0. The first-order chi connectivity index (χ1) is 8.70. The summed E-state index contributed by atoms with van der Waals surface area (Å²) in [5.41, 5.74) is 1.69. The lowest BCUT2D eigenvalue weighted by molar-refractivity contribution is 0.873. The van der Waals surface area contributed by atoms with Gasteiger partial charge in [-0.2, -0.15) is 5.26 Å². The van der Waals surface area contributed by atoms with Crippen molar-refractivity contribution in [3.05, 3.63) is 58.2 Å². The lowest BCUT2D eigenvalue weighted by atomic mass is 10.1. The first-order valence-electron chi connectivity index (χ1n) is 5.58. The van der Waals surface area contributed by atoms with Gasteiger partial charge in [-0.05, 0) is 34.5 Å². The predicted molar refractivity (Wildman–Crippen MR) is 75.1 cm³/mol. The number of nitrogens with zero attached hydrogens (tertiary/aromatic N) is 2. The average Bonchev–Trinajstić information content (AvgIpc) is 2.41. The van der Waals surface area contributed by atoms with Crippen molar-refractivity contribution < 1.29 is 0 Å². The molecule has 2 aromatic rings. The maximum Gasteiger partial charge on any atom is 0.144 e. The van der Waals surface area contributed by atoms with E-state index in [2.05, 4.69) is 32.3 Å². The van der Waals surface area contributed by atoms with Crippen LogP contribution in [0.5, 0.6) is 0 Å². The summed E-state index contributed by atoms with van der Waals surface area (Å²) in [5.74, 6) is 0.608. The maximum absolute atomic E-state index is 9.08. The van der Waals surface area contributed by atoms with Gasteiger partial charge in [-0.1, -0.05) is 30.3 Å². The number of anilines is 1. The second-order valence-electron chi connectivity index (χ2n) is 3.94. The van der Waals surface area contributed by atoms with E-state index in [9.17, 15) is 0 Å². The van der Waals surface area contributed by atoms with Gasteiger partial charge in [0.2, 0.25) is 0 Å². The zero-order valence-electron chi connectivity index (χ0n) is 9.89. The number of benzene rings is 1. The molecular formula is C14H12BrN3. The van der Waals surface area contributed by atoms with Crippen LogP contribution in [0.2, 0.25) is 0 Å². The quantitative estimate of drug-likeness (QED) is 0.935. The topological polar surface area (TPSA) is 48.7 Å². The molecule has 0 spiro atoms. The van der Waals surface area contributed by atoms with E-state index in [1.165, 1.54) is 0 Å². The zero-order chi connectivity index (χ0) is 13.0. The SMILES string of the molecule is CC(Nc1ncc(Br)cc1C#N)c1ccccc1. The van der Waals surface area contributed by atoms with Gasteiger partial charge >= 0.3 is 0 Å². The molecule has 0 aliphatic carbocycles. The van der Waals surface area contributed by atoms with Gasteiger partial charge < -0.3 is 5.32 Å². The van der Waals surface area contributed by atoms with Crippen LogP contribution in [0.3, 0.4) is 0 Å². The molecule has 0 amide bonds. The zero-order valence-corrected chi connectivity index (χ0v) is 11.5. The number of aromatic nitrogens is 1. The Morgan fingerprint density at radius 1 is 1.33 bits per heavy atom. The van der Waals surface area contributed by atoms with Crippen molar-refractivity contribution in [3.63, 3.8) is 0 Å². The normalized spacial score (nSPS) is 11.6. The number of halogens is 1. The Morgan fingerprint density at radius 2 is 2.06 bits per heavy atom. The molecule has 1 unspecified atom stereocenters. The van der Waals surface area contributed by atoms with Crippen molar-refractivity contribution in [2.45, 2.75) is 13.0 Å². The molecule has 0 saturated heterocycles. The fourth-order valence-corrected chi connectivity index (χ4v) is 2.00. The lowest BCUT2D eigenvalue weighted by Crippen LogP contribution is -2.09. The van der Waals surface area contributed by atoms with Crippen molar-refractivity contribution in [1.82, 2.24) is 4.98 Å². The molecule has 90 valence electrons. The standard InChI is InChI=1S/C14H12BrN3/c1-10(11-5-3-2-4-6-11)18-14-12(8-16)7-13(15)9-17-14/h2-7,9-10H,1H3,(H,17,18). The fraction of sp³-hybridized carbons (Fsp3) is 0.143. The van der Waals surface area contributed by atoms with Crippen molar-refractivity contribution in [2.24, 2.45) is 0 Å². The van der Waals surface area contributed by atoms with Gasteiger partial charge in [-0.25, -0.2) is 4.98 Å². The van der Waals surface area contributed by atoms with Crippen LogP contribution in [0.15, 0.2) is 47.1 Å². The van der Waals surface area contributed by atoms with E-state index in [1.807, 2.05) is 37.3 Å². The van der Waals surface area contributed by atoms with Crippen LogP contribution >= 0.6 is 15.9 Å². The molecule has 0 saturated carbocycles. The number of pyridine rings is 1. The molecule has 0 aliphatic rings. The van der Waals surface area contributed by atoms with E-state index in [4.69, 9.17) is 5.26 Å². The minimum absolute atomic E-state index is 0.104. The van der Waals surface area contributed by atoms with Gasteiger partial charge in [0, 0.05) is 16.7 Å². The van der Waals surface area contributed by atoms with E-state index in [1.54, 1.807) is 12.3 Å². The summed E-state index contributed by atoms with van der Waals surface area (Å²) in [6.07, 6.45) is 1.68. The number of rotatable bonds is 3. The molecule has 1 atom stereocenters. The van der Waals surface area contributed by atoms with Crippen molar-refractivity contribution in [3.8, 4) is 6.07 Å². The molecule has 4 heteroatoms. The summed E-state index contributed by atoms with van der Waals surface area (Å²) >= 11 is 3.31. The molecule has 1 aromatic carbocycles. The van der Waals surface area contributed by atoms with Gasteiger partial charge in [0.25, 0.3) is 0 Å². The van der Waals surface area contributed by atoms with E-state index in [0.29, 0.717) is 11.4 Å². The van der Waals surface area contributed by atoms with Gasteiger partial charge in [-0.3, -0.25) is 0 Å². The van der Waals surface area contributed by atoms with Crippen LogP contribution < -0.4 is 5.32 Å². The summed E-state index contributed by atoms with van der Waals surface area (Å²) in [4.78, 5) is 4.23. The Labute approximate surface area is 115 Å². The van der Waals surface area contributed by atoms with E-state index >= 15 is 0 Å². The van der Waals surface area contributed by atoms with Gasteiger partial charge in [-0.15, -0.1) is 0 Å². The molecule has 0 bridgehead atoms. The third-order valence-electron chi connectivity index (χ3n) is 2.63. The average molecular weight is 302 g/mol. The third kappa shape index (κ3) is 2.88. The highest BCUT2D eigenvalue weighted by Gasteiger charge is 2.09. The summed E-state index contributed by atoms with van der Waals surface area (Å²) in [6, 6.07) is 14.1. The molecule has 1 N–H and O–H groups in total. The first kappa shape index (κ1) is 12.6. The largest absolute Gasteiger partial charge is 0.362 e. The predicted octanol–water partition coefficient (Wildman–Crippen LogP) is 3.89. The van der Waals surface area contributed by atoms with Gasteiger partial charge in [0.1, 0.15) is 11.9 Å². The van der Waals surface area contributed by atoms with Crippen LogP contribution in [0.4, 0.5) is 5.82 Å². The number of hydrogen-bond donors (Lipinski definition) is 1. The molecule has 3 nitrogen and oxygen atoms in total. The Balaban J connectivity index is 2.22.